The fourth-order valence-electron chi connectivity index (χ4n) is 0.563. The first-order chi connectivity index (χ1) is 7.43. The van der Waals surface area contributed by atoms with E-state index >= 15 is 0 Å². The molecular formula is C8H13N3O6. The lowest BCUT2D eigenvalue weighted by atomic mass is 10.3. The molecule has 1 unspecified atom stereocenters. The largest absolute Gasteiger partial charge is 0.481 e. The van der Waals surface area contributed by atoms with Crippen LogP contribution in [0.5, 0.6) is 0 Å². The Kier molecular flexibility index (Phi) is 9.08. The molecule has 9 heteroatoms. The zero-order valence-electron chi connectivity index (χ0n) is 8.65. The van der Waals surface area contributed by atoms with Crippen LogP contribution in [0.1, 0.15) is 6.42 Å². The van der Waals surface area contributed by atoms with Crippen LogP contribution in [0.4, 0.5) is 5.82 Å². The third-order valence-electron chi connectivity index (χ3n) is 1.24. The van der Waals surface area contributed by atoms with E-state index in [4.69, 9.17) is 21.1 Å². The number of hydrogen-bond acceptors (Lipinski definition) is 6. The molecule has 0 saturated carbocycles. The van der Waals surface area contributed by atoms with E-state index in [1.165, 1.54) is 6.20 Å². The first kappa shape index (κ1) is 17.1. The van der Waals surface area contributed by atoms with E-state index < -0.39 is 24.5 Å². The molecule has 1 aromatic rings. The van der Waals surface area contributed by atoms with E-state index in [1.807, 2.05) is 0 Å². The second-order valence-corrected chi connectivity index (χ2v) is 2.58. The molecule has 0 radical (unpaired) electrons. The van der Waals surface area contributed by atoms with E-state index in [2.05, 4.69) is 9.97 Å². The van der Waals surface area contributed by atoms with Gasteiger partial charge in [-0.1, -0.05) is 0 Å². The first-order valence-corrected chi connectivity index (χ1v) is 4.07. The highest BCUT2D eigenvalue weighted by Gasteiger charge is 2.16. The summed E-state index contributed by atoms with van der Waals surface area (Å²) in [5.41, 5.74) is 5.18. The zero-order chi connectivity index (χ0) is 12.6. The molecule has 1 atom stereocenters. The normalized spacial score (nSPS) is 10.2. The summed E-state index contributed by atoms with van der Waals surface area (Å²) in [5.74, 6) is -2.38. The number of carbonyl (C=O) groups is 2. The minimum Gasteiger partial charge on any atom is -0.481 e. The summed E-state index contributed by atoms with van der Waals surface area (Å²) in [5, 5.41) is 24.1. The number of rotatable bonds is 3. The maximum Gasteiger partial charge on any atom is 0.333 e. The maximum atomic E-state index is 9.72. The number of carboxylic acids is 2. The van der Waals surface area contributed by atoms with Crippen molar-refractivity contribution in [2.45, 2.75) is 12.5 Å². The zero-order valence-corrected chi connectivity index (χ0v) is 8.65. The van der Waals surface area contributed by atoms with Gasteiger partial charge in [0.05, 0.1) is 12.6 Å². The summed E-state index contributed by atoms with van der Waals surface area (Å²) in [6, 6.07) is 0. The van der Waals surface area contributed by atoms with Crippen LogP contribution in [0.2, 0.25) is 0 Å². The number of aromatic nitrogens is 2. The number of aliphatic hydroxyl groups is 1. The average molecular weight is 247 g/mol. The molecule has 0 spiro atoms. The molecule has 7 N–H and O–H groups in total. The molecule has 0 fully saturated rings. The van der Waals surface area contributed by atoms with Gasteiger partial charge in [-0.25, -0.2) is 9.78 Å². The highest BCUT2D eigenvalue weighted by atomic mass is 16.4. The first-order valence-electron chi connectivity index (χ1n) is 4.07. The molecule has 1 aromatic heterocycles. The van der Waals surface area contributed by atoms with Crippen LogP contribution in [0.3, 0.4) is 0 Å². The number of aliphatic carboxylic acids is 2. The van der Waals surface area contributed by atoms with Crippen molar-refractivity contribution in [2.24, 2.45) is 0 Å². The Labute approximate surface area is 95.9 Å². The summed E-state index contributed by atoms with van der Waals surface area (Å²) in [7, 11) is 0. The maximum absolute atomic E-state index is 9.72. The van der Waals surface area contributed by atoms with E-state index in [0.29, 0.717) is 5.82 Å². The number of carboxylic acid groups (broad SMARTS) is 2. The average Bonchev–Trinajstić information content (AvgIpc) is 2.18. The van der Waals surface area contributed by atoms with Crippen molar-refractivity contribution in [1.82, 2.24) is 9.97 Å². The number of aliphatic hydroxyl groups excluding tert-OH is 1. The van der Waals surface area contributed by atoms with Gasteiger partial charge in [-0.05, 0) is 0 Å². The molecule has 1 heterocycles. The predicted molar refractivity (Wildman–Crippen MR) is 56.0 cm³/mol. The molecule has 9 nitrogen and oxygen atoms in total. The number of nitrogen functional groups attached to an aromatic ring is 1. The monoisotopic (exact) mass is 247 g/mol. The molecule has 1 rings (SSSR count). The summed E-state index contributed by atoms with van der Waals surface area (Å²) >= 11 is 0. The molecule has 0 amide bonds. The molecule has 0 aliphatic rings. The summed E-state index contributed by atoms with van der Waals surface area (Å²) in [4.78, 5) is 26.8. The summed E-state index contributed by atoms with van der Waals surface area (Å²) < 4.78 is 0. The quantitative estimate of drug-likeness (QED) is 0.480. The van der Waals surface area contributed by atoms with E-state index in [0.717, 1.165) is 0 Å². The van der Waals surface area contributed by atoms with Gasteiger partial charge < -0.3 is 26.5 Å². The van der Waals surface area contributed by atoms with Crippen molar-refractivity contribution in [3.8, 4) is 0 Å². The van der Waals surface area contributed by atoms with E-state index in [-0.39, 0.29) is 5.48 Å². The van der Waals surface area contributed by atoms with Gasteiger partial charge in [-0.15, -0.1) is 0 Å². The number of hydrogen-bond donors (Lipinski definition) is 4. The minimum atomic E-state index is -1.79. The topological polar surface area (TPSA) is 178 Å². The Morgan fingerprint density at radius 3 is 2.12 bits per heavy atom. The summed E-state index contributed by atoms with van der Waals surface area (Å²) in [6.45, 7) is 0. The molecule has 0 aliphatic carbocycles. The Bertz CT molecular complexity index is 344. The van der Waals surface area contributed by atoms with Gasteiger partial charge in [0.2, 0.25) is 0 Å². The van der Waals surface area contributed by atoms with Gasteiger partial charge in [0.15, 0.2) is 6.10 Å². The van der Waals surface area contributed by atoms with Crippen molar-refractivity contribution < 1.29 is 30.4 Å². The second kappa shape index (κ2) is 9.00. The Morgan fingerprint density at radius 1 is 1.35 bits per heavy atom. The Balaban J connectivity index is 0. The minimum absolute atomic E-state index is 0. The van der Waals surface area contributed by atoms with Crippen molar-refractivity contribution in [2.75, 3.05) is 5.73 Å². The SMILES string of the molecule is Nc1cnccn1.O.O=C(O)CC(O)C(=O)O. The lowest BCUT2D eigenvalue weighted by Crippen LogP contribution is -2.22. The van der Waals surface area contributed by atoms with Crippen molar-refractivity contribution >= 4 is 17.8 Å². The molecule has 0 aliphatic heterocycles. The fraction of sp³-hybridized carbons (Fsp3) is 0.250. The number of nitrogens with zero attached hydrogens (tertiary/aromatic N) is 2. The molecule has 0 bridgehead atoms. The number of nitrogens with two attached hydrogens (primary N) is 1. The highest BCUT2D eigenvalue weighted by Crippen LogP contribution is 1.89. The van der Waals surface area contributed by atoms with Gasteiger partial charge in [0.25, 0.3) is 0 Å². The predicted octanol–water partition coefficient (Wildman–Crippen LogP) is -1.86. The van der Waals surface area contributed by atoms with Crippen LogP contribution < -0.4 is 5.73 Å². The van der Waals surface area contributed by atoms with Gasteiger partial charge in [-0.3, -0.25) is 9.78 Å². The number of anilines is 1. The standard InChI is InChI=1S/C4H5N3.C4H6O5.H2O/c5-4-3-6-1-2-7-4;5-2(4(8)9)1-3(6)7;/h1-3H,(H2,5,7);2,5H,1H2,(H,6,7)(H,8,9);1H2. The van der Waals surface area contributed by atoms with Gasteiger partial charge >= 0.3 is 11.9 Å². The van der Waals surface area contributed by atoms with Crippen LogP contribution >= 0.6 is 0 Å². The lowest BCUT2D eigenvalue weighted by Gasteiger charge is -1.97. The van der Waals surface area contributed by atoms with Gasteiger partial charge in [0.1, 0.15) is 5.82 Å². The van der Waals surface area contributed by atoms with Crippen molar-refractivity contribution in [3.63, 3.8) is 0 Å². The third-order valence-corrected chi connectivity index (χ3v) is 1.24. The van der Waals surface area contributed by atoms with Crippen molar-refractivity contribution in [1.29, 1.82) is 0 Å². The Hall–Kier alpha value is -2.26. The van der Waals surface area contributed by atoms with Crippen LogP contribution in [0.15, 0.2) is 18.6 Å². The van der Waals surface area contributed by atoms with Crippen LogP contribution in [-0.2, 0) is 9.59 Å². The molecule has 0 aromatic carbocycles. The molecule has 96 valence electrons. The van der Waals surface area contributed by atoms with E-state index in [1.54, 1.807) is 12.4 Å². The molecule has 17 heavy (non-hydrogen) atoms. The molecular weight excluding hydrogens is 234 g/mol. The lowest BCUT2D eigenvalue weighted by molar-refractivity contribution is -0.152. The van der Waals surface area contributed by atoms with Crippen molar-refractivity contribution in [3.05, 3.63) is 18.6 Å². The summed E-state index contributed by atoms with van der Waals surface area (Å²) in [6.07, 6.45) is 2.09. The van der Waals surface area contributed by atoms with E-state index in [9.17, 15) is 9.59 Å². The fourth-order valence-corrected chi connectivity index (χ4v) is 0.563. The van der Waals surface area contributed by atoms with Crippen LogP contribution in [0, 0.1) is 0 Å². The van der Waals surface area contributed by atoms with Crippen LogP contribution in [0.25, 0.3) is 0 Å². The Morgan fingerprint density at radius 2 is 1.94 bits per heavy atom. The third kappa shape index (κ3) is 10.0. The molecule has 0 saturated heterocycles. The van der Waals surface area contributed by atoms with Gasteiger partial charge in [0, 0.05) is 12.4 Å². The van der Waals surface area contributed by atoms with Gasteiger partial charge in [-0.2, -0.15) is 0 Å². The highest BCUT2D eigenvalue weighted by molar-refractivity contribution is 5.79. The van der Waals surface area contributed by atoms with Crippen LogP contribution in [-0.4, -0.2) is 48.8 Å². The second-order valence-electron chi connectivity index (χ2n) is 2.58. The smallest absolute Gasteiger partial charge is 0.333 e.